The second kappa shape index (κ2) is 10.5. The van der Waals surface area contributed by atoms with Crippen LogP contribution in [0, 0.1) is 13.8 Å². The molecule has 0 aliphatic rings. The van der Waals surface area contributed by atoms with Crippen LogP contribution in [0.3, 0.4) is 0 Å². The summed E-state index contributed by atoms with van der Waals surface area (Å²) in [6.45, 7) is 8.57. The van der Waals surface area contributed by atoms with E-state index in [2.05, 4.69) is 5.32 Å². The molecule has 2 amide bonds. The van der Waals surface area contributed by atoms with Crippen LogP contribution in [0.4, 0.5) is 0 Å². The number of aryl methyl sites for hydroxylation is 1. The molecule has 1 atom stereocenters. The minimum atomic E-state index is -0.582. The van der Waals surface area contributed by atoms with E-state index in [-0.39, 0.29) is 18.4 Å². The molecule has 5 nitrogen and oxygen atoms in total. The Kier molecular flexibility index (Phi) is 8.05. The number of carbonyl (C=O) groups excluding carboxylic acids is 2. The minimum absolute atomic E-state index is 0.109. The summed E-state index contributed by atoms with van der Waals surface area (Å²) in [6, 6.07) is 14.9. The van der Waals surface area contributed by atoms with Gasteiger partial charge in [0.25, 0.3) is 5.91 Å². The van der Waals surface area contributed by atoms with Crippen molar-refractivity contribution in [3.63, 3.8) is 0 Å². The zero-order valence-corrected chi connectivity index (χ0v) is 17.2. The molecule has 0 unspecified atom stereocenters. The maximum absolute atomic E-state index is 13.0. The van der Waals surface area contributed by atoms with Gasteiger partial charge in [0.1, 0.15) is 11.8 Å². The Balaban J connectivity index is 2.13. The van der Waals surface area contributed by atoms with E-state index in [0.29, 0.717) is 18.8 Å². The van der Waals surface area contributed by atoms with Gasteiger partial charge < -0.3 is 15.0 Å². The first-order valence-electron chi connectivity index (χ1n) is 9.74. The lowest BCUT2D eigenvalue weighted by Gasteiger charge is -2.29. The maximum Gasteiger partial charge on any atom is 0.261 e. The highest BCUT2D eigenvalue weighted by Gasteiger charge is 2.26. The molecule has 2 aromatic carbocycles. The van der Waals surface area contributed by atoms with Crippen LogP contribution in [-0.4, -0.2) is 35.9 Å². The zero-order valence-electron chi connectivity index (χ0n) is 17.2. The number of hydrogen-bond donors (Lipinski definition) is 1. The van der Waals surface area contributed by atoms with Gasteiger partial charge in [-0.3, -0.25) is 9.59 Å². The van der Waals surface area contributed by atoms with Crippen molar-refractivity contribution in [1.82, 2.24) is 10.2 Å². The zero-order chi connectivity index (χ0) is 20.5. The van der Waals surface area contributed by atoms with E-state index in [1.807, 2.05) is 69.3 Å². The summed E-state index contributed by atoms with van der Waals surface area (Å²) in [5.41, 5.74) is 3.09. The summed E-state index contributed by atoms with van der Waals surface area (Å²) in [7, 11) is 0. The largest absolute Gasteiger partial charge is 0.483 e. The molecule has 0 aliphatic carbocycles. The number of carbonyl (C=O) groups is 2. The molecule has 0 heterocycles. The van der Waals surface area contributed by atoms with Crippen LogP contribution < -0.4 is 10.1 Å². The molecule has 0 aromatic heterocycles. The van der Waals surface area contributed by atoms with Gasteiger partial charge >= 0.3 is 0 Å². The molecule has 0 saturated heterocycles. The number of amides is 2. The summed E-state index contributed by atoms with van der Waals surface area (Å²) in [4.78, 5) is 27.0. The van der Waals surface area contributed by atoms with Gasteiger partial charge in [0.05, 0.1) is 0 Å². The van der Waals surface area contributed by atoms with Gasteiger partial charge in [-0.1, -0.05) is 49.4 Å². The van der Waals surface area contributed by atoms with Gasteiger partial charge in [-0.05, 0) is 49.9 Å². The highest BCUT2D eigenvalue weighted by Crippen LogP contribution is 2.21. The Hall–Kier alpha value is -2.82. The minimum Gasteiger partial charge on any atom is -0.483 e. The van der Waals surface area contributed by atoms with E-state index < -0.39 is 6.04 Å². The summed E-state index contributed by atoms with van der Waals surface area (Å²) >= 11 is 0. The van der Waals surface area contributed by atoms with Crippen LogP contribution in [0.5, 0.6) is 5.75 Å². The molecular weight excluding hydrogens is 352 g/mol. The Morgan fingerprint density at radius 2 is 1.79 bits per heavy atom. The maximum atomic E-state index is 13.0. The van der Waals surface area contributed by atoms with E-state index in [1.165, 1.54) is 0 Å². The summed E-state index contributed by atoms with van der Waals surface area (Å²) < 4.78 is 5.79. The number of ether oxygens (including phenoxy) is 1. The number of nitrogens with zero attached hydrogens (tertiary/aromatic N) is 1. The molecule has 0 aliphatic heterocycles. The van der Waals surface area contributed by atoms with E-state index in [0.717, 1.165) is 23.1 Å². The molecule has 0 bridgehead atoms. The van der Waals surface area contributed by atoms with Gasteiger partial charge in [0, 0.05) is 13.1 Å². The van der Waals surface area contributed by atoms with Crippen molar-refractivity contribution in [3.8, 4) is 5.75 Å². The highest BCUT2D eigenvalue weighted by atomic mass is 16.5. The number of benzene rings is 2. The molecule has 5 heteroatoms. The Morgan fingerprint density at radius 1 is 1.07 bits per heavy atom. The SMILES string of the molecule is CCCNC(=O)[C@H](C)N(Cc1ccccc1)C(=O)COc1cccc(C)c1C. The van der Waals surface area contributed by atoms with Crippen LogP contribution >= 0.6 is 0 Å². The van der Waals surface area contributed by atoms with Crippen molar-refractivity contribution in [2.24, 2.45) is 0 Å². The number of nitrogens with one attached hydrogen (secondary N) is 1. The predicted molar refractivity (Wildman–Crippen MR) is 111 cm³/mol. The van der Waals surface area contributed by atoms with Crippen LogP contribution in [0.2, 0.25) is 0 Å². The molecular formula is C23H30N2O3. The molecule has 0 spiro atoms. The van der Waals surface area contributed by atoms with Crippen LogP contribution in [-0.2, 0) is 16.1 Å². The van der Waals surface area contributed by atoms with E-state index >= 15 is 0 Å². The van der Waals surface area contributed by atoms with E-state index in [1.54, 1.807) is 11.8 Å². The first-order chi connectivity index (χ1) is 13.4. The number of rotatable bonds is 9. The monoisotopic (exact) mass is 382 g/mol. The van der Waals surface area contributed by atoms with E-state index in [4.69, 9.17) is 4.74 Å². The Bertz CT molecular complexity index is 790. The topological polar surface area (TPSA) is 58.6 Å². The van der Waals surface area contributed by atoms with Crippen molar-refractivity contribution < 1.29 is 14.3 Å². The Labute approximate surface area is 167 Å². The van der Waals surface area contributed by atoms with Gasteiger partial charge in [-0.25, -0.2) is 0 Å². The quantitative estimate of drug-likeness (QED) is 0.721. The van der Waals surface area contributed by atoms with Gasteiger partial charge in [0.15, 0.2) is 6.61 Å². The summed E-state index contributed by atoms with van der Waals surface area (Å²) in [6.07, 6.45) is 0.848. The standard InChI is InChI=1S/C23H30N2O3/c1-5-14-24-23(27)19(4)25(15-20-11-7-6-8-12-20)22(26)16-28-21-13-9-10-17(2)18(21)3/h6-13,19H,5,14-16H2,1-4H3,(H,24,27)/t19-/m0/s1. The average molecular weight is 383 g/mol. The van der Waals surface area contributed by atoms with Crippen molar-refractivity contribution in [1.29, 1.82) is 0 Å². The van der Waals surface area contributed by atoms with Crippen molar-refractivity contribution in [3.05, 3.63) is 65.2 Å². The molecule has 28 heavy (non-hydrogen) atoms. The molecule has 2 aromatic rings. The molecule has 2 rings (SSSR count). The molecule has 0 saturated carbocycles. The fourth-order valence-electron chi connectivity index (χ4n) is 2.86. The summed E-state index contributed by atoms with van der Waals surface area (Å²) in [5.74, 6) is 0.317. The van der Waals surface area contributed by atoms with Crippen molar-refractivity contribution in [2.45, 2.75) is 46.7 Å². The number of hydrogen-bond acceptors (Lipinski definition) is 3. The van der Waals surface area contributed by atoms with Crippen molar-refractivity contribution >= 4 is 11.8 Å². The fourth-order valence-corrected chi connectivity index (χ4v) is 2.86. The van der Waals surface area contributed by atoms with Gasteiger partial charge in [-0.2, -0.15) is 0 Å². The van der Waals surface area contributed by atoms with Crippen LogP contribution in [0.1, 0.15) is 37.0 Å². The summed E-state index contributed by atoms with van der Waals surface area (Å²) in [5, 5.41) is 2.87. The average Bonchev–Trinajstić information content (AvgIpc) is 2.71. The molecule has 1 N–H and O–H groups in total. The Morgan fingerprint density at radius 3 is 2.46 bits per heavy atom. The molecule has 150 valence electrons. The van der Waals surface area contributed by atoms with Crippen LogP contribution in [0.15, 0.2) is 48.5 Å². The molecule has 0 radical (unpaired) electrons. The first kappa shape index (κ1) is 21.5. The van der Waals surface area contributed by atoms with Crippen LogP contribution in [0.25, 0.3) is 0 Å². The van der Waals surface area contributed by atoms with Gasteiger partial charge in [-0.15, -0.1) is 0 Å². The lowest BCUT2D eigenvalue weighted by atomic mass is 10.1. The second-order valence-corrected chi connectivity index (χ2v) is 6.96. The molecule has 0 fully saturated rings. The third-order valence-electron chi connectivity index (χ3n) is 4.82. The highest BCUT2D eigenvalue weighted by molar-refractivity contribution is 5.87. The third-order valence-corrected chi connectivity index (χ3v) is 4.82. The fraction of sp³-hybridized carbons (Fsp3) is 0.391. The second-order valence-electron chi connectivity index (χ2n) is 6.96. The van der Waals surface area contributed by atoms with Crippen molar-refractivity contribution in [2.75, 3.05) is 13.2 Å². The lowest BCUT2D eigenvalue weighted by molar-refractivity contribution is -0.142. The lowest BCUT2D eigenvalue weighted by Crippen LogP contribution is -2.49. The first-order valence-corrected chi connectivity index (χ1v) is 9.74. The van der Waals surface area contributed by atoms with E-state index in [9.17, 15) is 9.59 Å². The predicted octanol–water partition coefficient (Wildman–Crippen LogP) is 3.63. The smallest absolute Gasteiger partial charge is 0.261 e. The third kappa shape index (κ3) is 5.84. The van der Waals surface area contributed by atoms with Gasteiger partial charge in [0.2, 0.25) is 5.91 Å². The normalized spacial score (nSPS) is 11.6.